The highest BCUT2D eigenvalue weighted by Crippen LogP contribution is 2.44. The molecule has 3 rings (SSSR count). The van der Waals surface area contributed by atoms with Crippen molar-refractivity contribution in [2.45, 2.75) is 16.6 Å². The van der Waals surface area contributed by atoms with Gasteiger partial charge in [-0.3, -0.25) is 4.79 Å². The van der Waals surface area contributed by atoms with Crippen LogP contribution in [0.4, 0.5) is 5.69 Å². The molecule has 2 nitrogen and oxygen atoms in total. The van der Waals surface area contributed by atoms with E-state index in [0.717, 1.165) is 10.6 Å². The number of hydrogen-bond donors (Lipinski definition) is 1. The van der Waals surface area contributed by atoms with Gasteiger partial charge in [-0.2, -0.15) is 0 Å². The summed E-state index contributed by atoms with van der Waals surface area (Å²) in [7, 11) is 0. The Morgan fingerprint density at radius 2 is 2.06 bits per heavy atom. The van der Waals surface area contributed by atoms with Gasteiger partial charge in [0.15, 0.2) is 0 Å². The second kappa shape index (κ2) is 4.55. The molecule has 0 saturated heterocycles. The number of carbonyl (C=O) groups is 1. The van der Waals surface area contributed by atoms with Crippen LogP contribution >= 0.6 is 23.1 Å². The van der Waals surface area contributed by atoms with Gasteiger partial charge in [0.1, 0.15) is 0 Å². The fraction of sp³-hybridized carbons (Fsp3) is 0.154. The molecule has 1 aromatic carbocycles. The van der Waals surface area contributed by atoms with Gasteiger partial charge in [0.05, 0.1) is 10.9 Å². The number of anilines is 1. The first-order chi connectivity index (χ1) is 8.33. The number of para-hydroxylation sites is 1. The normalized spacial score (nSPS) is 19.3. The standard InChI is InChI=1S/C13H11NOS2/c15-13-8-12(11-6-3-7-16-11)17-10-5-2-1-4-9(10)14-13/h1-7,12H,8H2,(H,14,15). The average molecular weight is 261 g/mol. The van der Waals surface area contributed by atoms with Gasteiger partial charge < -0.3 is 5.32 Å². The third kappa shape index (κ3) is 2.23. The molecule has 1 aliphatic heterocycles. The van der Waals surface area contributed by atoms with Gasteiger partial charge in [0.25, 0.3) is 0 Å². The molecule has 0 bridgehead atoms. The van der Waals surface area contributed by atoms with E-state index >= 15 is 0 Å². The Kier molecular flexibility index (Phi) is 2.91. The summed E-state index contributed by atoms with van der Waals surface area (Å²) in [4.78, 5) is 14.2. The largest absolute Gasteiger partial charge is 0.325 e. The van der Waals surface area contributed by atoms with Crippen molar-refractivity contribution in [2.24, 2.45) is 0 Å². The number of rotatable bonds is 1. The summed E-state index contributed by atoms with van der Waals surface area (Å²) in [5.41, 5.74) is 0.932. The van der Waals surface area contributed by atoms with E-state index in [1.807, 2.05) is 24.3 Å². The molecule has 1 N–H and O–H groups in total. The summed E-state index contributed by atoms with van der Waals surface area (Å²) in [6, 6.07) is 12.1. The van der Waals surface area contributed by atoms with Gasteiger partial charge in [0, 0.05) is 16.2 Å². The molecule has 0 spiro atoms. The molecular formula is C13H11NOS2. The highest BCUT2D eigenvalue weighted by atomic mass is 32.2. The summed E-state index contributed by atoms with van der Waals surface area (Å²) < 4.78 is 0. The number of thioether (sulfide) groups is 1. The third-order valence-electron chi connectivity index (χ3n) is 2.66. The maximum atomic E-state index is 11.8. The third-order valence-corrected chi connectivity index (χ3v) is 5.11. The minimum atomic E-state index is 0.0980. The van der Waals surface area contributed by atoms with Crippen LogP contribution in [0.15, 0.2) is 46.7 Å². The van der Waals surface area contributed by atoms with E-state index in [0.29, 0.717) is 6.42 Å². The van der Waals surface area contributed by atoms with Crippen molar-refractivity contribution in [2.75, 3.05) is 5.32 Å². The van der Waals surface area contributed by atoms with E-state index in [1.54, 1.807) is 23.1 Å². The van der Waals surface area contributed by atoms with Crippen LogP contribution in [0.1, 0.15) is 16.5 Å². The number of nitrogens with one attached hydrogen (secondary N) is 1. The van der Waals surface area contributed by atoms with Gasteiger partial charge in [0.2, 0.25) is 5.91 Å². The smallest absolute Gasteiger partial charge is 0.225 e. The van der Waals surface area contributed by atoms with Crippen LogP contribution in [0.2, 0.25) is 0 Å². The lowest BCUT2D eigenvalue weighted by Crippen LogP contribution is -2.11. The predicted octanol–water partition coefficient (Wildman–Crippen LogP) is 3.92. The summed E-state index contributed by atoms with van der Waals surface area (Å²) in [6.07, 6.45) is 0.542. The maximum absolute atomic E-state index is 11.8. The Morgan fingerprint density at radius 3 is 2.88 bits per heavy atom. The van der Waals surface area contributed by atoms with Crippen molar-refractivity contribution in [3.05, 3.63) is 46.7 Å². The lowest BCUT2D eigenvalue weighted by molar-refractivity contribution is -0.116. The van der Waals surface area contributed by atoms with Crippen molar-refractivity contribution < 1.29 is 4.79 Å². The van der Waals surface area contributed by atoms with Crippen LogP contribution in [0, 0.1) is 0 Å². The Hall–Kier alpha value is -1.26. The Morgan fingerprint density at radius 1 is 1.18 bits per heavy atom. The summed E-state index contributed by atoms with van der Waals surface area (Å²) in [6.45, 7) is 0. The quantitative estimate of drug-likeness (QED) is 0.843. The van der Waals surface area contributed by atoms with Crippen molar-refractivity contribution in [1.29, 1.82) is 0 Å². The monoisotopic (exact) mass is 261 g/mol. The molecule has 1 atom stereocenters. The minimum Gasteiger partial charge on any atom is -0.325 e. The zero-order valence-corrected chi connectivity index (χ0v) is 10.7. The summed E-state index contributed by atoms with van der Waals surface area (Å²) in [5.74, 6) is 0.0980. The lowest BCUT2D eigenvalue weighted by Gasteiger charge is -2.10. The van der Waals surface area contributed by atoms with Gasteiger partial charge in [-0.05, 0) is 23.6 Å². The van der Waals surface area contributed by atoms with Gasteiger partial charge in [-0.25, -0.2) is 0 Å². The minimum absolute atomic E-state index is 0.0980. The Bertz CT molecular complexity index is 536. The first kappa shape index (κ1) is 10.9. The van der Waals surface area contributed by atoms with Crippen LogP contribution in [0.5, 0.6) is 0 Å². The van der Waals surface area contributed by atoms with Crippen LogP contribution in [-0.2, 0) is 4.79 Å². The average Bonchev–Trinajstić information content (AvgIpc) is 2.79. The number of thiophene rings is 1. The number of benzene rings is 1. The second-order valence-electron chi connectivity index (χ2n) is 3.87. The molecule has 1 aliphatic rings. The molecule has 0 radical (unpaired) electrons. The first-order valence-electron chi connectivity index (χ1n) is 5.42. The molecule has 0 fully saturated rings. The van der Waals surface area contributed by atoms with Crippen LogP contribution in [0.3, 0.4) is 0 Å². The van der Waals surface area contributed by atoms with Crippen LogP contribution in [-0.4, -0.2) is 5.91 Å². The molecule has 2 heterocycles. The first-order valence-corrected chi connectivity index (χ1v) is 7.18. The van der Waals surface area contributed by atoms with Gasteiger partial charge in [-0.15, -0.1) is 23.1 Å². The number of amides is 1. The van der Waals surface area contributed by atoms with Crippen LogP contribution in [0.25, 0.3) is 0 Å². The summed E-state index contributed by atoms with van der Waals surface area (Å²) in [5, 5.41) is 5.25. The summed E-state index contributed by atoms with van der Waals surface area (Å²) >= 11 is 3.48. The molecule has 1 amide bonds. The number of hydrogen-bond acceptors (Lipinski definition) is 3. The molecule has 0 saturated carbocycles. The van der Waals surface area contributed by atoms with Gasteiger partial charge in [-0.1, -0.05) is 18.2 Å². The molecule has 86 valence electrons. The van der Waals surface area contributed by atoms with E-state index in [1.165, 1.54) is 4.88 Å². The molecule has 17 heavy (non-hydrogen) atoms. The van der Waals surface area contributed by atoms with Gasteiger partial charge >= 0.3 is 0 Å². The fourth-order valence-corrected chi connectivity index (χ4v) is 4.03. The SMILES string of the molecule is O=C1CC(c2cccs2)Sc2ccccc2N1. The van der Waals surface area contributed by atoms with E-state index in [4.69, 9.17) is 0 Å². The van der Waals surface area contributed by atoms with Crippen molar-refractivity contribution in [3.63, 3.8) is 0 Å². The van der Waals surface area contributed by atoms with E-state index in [-0.39, 0.29) is 11.2 Å². The Balaban J connectivity index is 1.98. The van der Waals surface area contributed by atoms with E-state index in [9.17, 15) is 4.79 Å². The fourth-order valence-electron chi connectivity index (χ4n) is 1.87. The second-order valence-corrected chi connectivity index (χ2v) is 6.09. The molecule has 4 heteroatoms. The molecule has 1 unspecified atom stereocenters. The topological polar surface area (TPSA) is 29.1 Å². The molecule has 0 aliphatic carbocycles. The molecule has 2 aromatic rings. The zero-order chi connectivity index (χ0) is 11.7. The van der Waals surface area contributed by atoms with E-state index in [2.05, 4.69) is 22.8 Å². The van der Waals surface area contributed by atoms with Crippen molar-refractivity contribution in [3.8, 4) is 0 Å². The molecule has 1 aromatic heterocycles. The van der Waals surface area contributed by atoms with E-state index < -0.39 is 0 Å². The highest BCUT2D eigenvalue weighted by molar-refractivity contribution is 7.99. The van der Waals surface area contributed by atoms with Crippen LogP contribution < -0.4 is 5.32 Å². The highest BCUT2D eigenvalue weighted by Gasteiger charge is 2.23. The Labute approximate surface area is 108 Å². The predicted molar refractivity (Wildman–Crippen MR) is 72.6 cm³/mol. The zero-order valence-electron chi connectivity index (χ0n) is 9.05. The maximum Gasteiger partial charge on any atom is 0.225 e. The number of fused-ring (bicyclic) bond motifs is 1. The van der Waals surface area contributed by atoms with Crippen molar-refractivity contribution in [1.82, 2.24) is 0 Å². The lowest BCUT2D eigenvalue weighted by atomic mass is 10.2. The molecular weight excluding hydrogens is 250 g/mol. The number of carbonyl (C=O) groups excluding carboxylic acids is 1. The van der Waals surface area contributed by atoms with Crippen molar-refractivity contribution >= 4 is 34.7 Å².